The lowest BCUT2D eigenvalue weighted by atomic mass is 9.99. The Morgan fingerprint density at radius 1 is 0.339 bits per heavy atom. The molecule has 350 valence electrons. The van der Waals surface area contributed by atoms with Crippen LogP contribution in [0.2, 0.25) is 0 Å². The third kappa shape index (κ3) is 44.3. The number of hydrogen-bond acceptors (Lipinski definition) is 6. The van der Waals surface area contributed by atoms with Crippen LogP contribution in [0.5, 0.6) is 0 Å². The Labute approximate surface area is 368 Å². The van der Waals surface area contributed by atoms with E-state index in [0.29, 0.717) is 19.3 Å². The Kier molecular flexibility index (Phi) is 43.3. The molecule has 0 N–H and O–H groups in total. The minimum atomic E-state index is -0.763. The van der Waals surface area contributed by atoms with E-state index < -0.39 is 6.10 Å². The second-order valence-electron chi connectivity index (χ2n) is 19.1. The topological polar surface area (TPSA) is 78.9 Å². The normalized spacial score (nSPS) is 13.1. The van der Waals surface area contributed by atoms with Gasteiger partial charge in [0.25, 0.3) is 0 Å². The van der Waals surface area contributed by atoms with Crippen molar-refractivity contribution in [2.45, 2.75) is 292 Å². The number of rotatable bonds is 46. The highest BCUT2D eigenvalue weighted by atomic mass is 16.6. The lowest BCUT2D eigenvalue weighted by Gasteiger charge is -2.18. The Balaban J connectivity index is 4.25. The maximum Gasteiger partial charge on any atom is 0.306 e. The van der Waals surface area contributed by atoms with Gasteiger partial charge >= 0.3 is 17.9 Å². The molecule has 0 heterocycles. The highest BCUT2D eigenvalue weighted by molar-refractivity contribution is 5.71. The standard InChI is InChI=1S/C53H102O6/c1-7-48(5)40-34-28-22-19-20-24-32-38-44-53(56)59-50(46-58-52(55)43-37-31-26-25-29-35-41-49(6)8-2)45-57-51(54)42-36-30-23-18-16-14-12-10-9-11-13-15-17-21-27-33-39-47(3)4/h47-50H,7-46H2,1-6H3/t48?,49?,50-/m0/s1. The summed E-state index contributed by atoms with van der Waals surface area (Å²) in [5.74, 6) is 1.65. The maximum absolute atomic E-state index is 12.8. The fraction of sp³-hybridized carbons (Fsp3) is 0.943. The van der Waals surface area contributed by atoms with Crippen LogP contribution in [0.4, 0.5) is 0 Å². The first-order valence-electron chi connectivity index (χ1n) is 26.2. The summed E-state index contributed by atoms with van der Waals surface area (Å²) in [5, 5.41) is 0. The Bertz CT molecular complexity index is 918. The van der Waals surface area contributed by atoms with E-state index >= 15 is 0 Å². The van der Waals surface area contributed by atoms with Crippen molar-refractivity contribution in [1.29, 1.82) is 0 Å². The van der Waals surface area contributed by atoms with Crippen LogP contribution in [0.1, 0.15) is 286 Å². The predicted octanol–water partition coefficient (Wildman–Crippen LogP) is 16.8. The molecule has 0 spiro atoms. The average molecular weight is 835 g/mol. The zero-order valence-corrected chi connectivity index (χ0v) is 40.5. The van der Waals surface area contributed by atoms with Gasteiger partial charge in [-0.05, 0) is 37.0 Å². The fourth-order valence-corrected chi connectivity index (χ4v) is 7.87. The molecule has 3 atom stereocenters. The zero-order chi connectivity index (χ0) is 43.4. The highest BCUT2D eigenvalue weighted by Gasteiger charge is 2.19. The smallest absolute Gasteiger partial charge is 0.306 e. The van der Waals surface area contributed by atoms with E-state index in [0.717, 1.165) is 75.5 Å². The molecule has 0 aromatic heterocycles. The van der Waals surface area contributed by atoms with Crippen LogP contribution in [0.15, 0.2) is 0 Å². The molecule has 2 unspecified atom stereocenters. The summed E-state index contributed by atoms with van der Waals surface area (Å²) in [6, 6.07) is 0. The highest BCUT2D eigenvalue weighted by Crippen LogP contribution is 2.18. The van der Waals surface area contributed by atoms with Crippen LogP contribution < -0.4 is 0 Å². The van der Waals surface area contributed by atoms with Gasteiger partial charge < -0.3 is 14.2 Å². The summed E-state index contributed by atoms with van der Waals surface area (Å²) >= 11 is 0. The first-order valence-corrected chi connectivity index (χ1v) is 26.2. The lowest BCUT2D eigenvalue weighted by molar-refractivity contribution is -0.167. The Morgan fingerprint density at radius 3 is 0.881 bits per heavy atom. The fourth-order valence-electron chi connectivity index (χ4n) is 7.87. The van der Waals surface area contributed by atoms with E-state index in [1.807, 2.05) is 0 Å². The van der Waals surface area contributed by atoms with Crippen LogP contribution in [0.3, 0.4) is 0 Å². The number of hydrogen-bond donors (Lipinski definition) is 0. The van der Waals surface area contributed by atoms with Gasteiger partial charge in [0.05, 0.1) is 0 Å². The lowest BCUT2D eigenvalue weighted by Crippen LogP contribution is -2.30. The molecule has 0 bridgehead atoms. The van der Waals surface area contributed by atoms with Crippen molar-refractivity contribution < 1.29 is 28.6 Å². The molecular weight excluding hydrogens is 733 g/mol. The van der Waals surface area contributed by atoms with Gasteiger partial charge in [-0.15, -0.1) is 0 Å². The maximum atomic E-state index is 12.8. The first kappa shape index (κ1) is 57.4. The van der Waals surface area contributed by atoms with E-state index in [1.165, 1.54) is 167 Å². The molecule has 0 saturated heterocycles. The summed E-state index contributed by atoms with van der Waals surface area (Å²) < 4.78 is 16.8. The number of carbonyl (C=O) groups excluding carboxylic acids is 3. The molecule has 6 nitrogen and oxygen atoms in total. The van der Waals surface area contributed by atoms with Gasteiger partial charge in [0, 0.05) is 19.3 Å². The predicted molar refractivity (Wildman–Crippen MR) is 252 cm³/mol. The Morgan fingerprint density at radius 2 is 0.593 bits per heavy atom. The molecule has 0 radical (unpaired) electrons. The van der Waals surface area contributed by atoms with Crippen molar-refractivity contribution in [3.05, 3.63) is 0 Å². The largest absolute Gasteiger partial charge is 0.462 e. The number of esters is 3. The molecule has 0 saturated carbocycles. The van der Waals surface area contributed by atoms with E-state index in [1.54, 1.807) is 0 Å². The molecule has 0 aliphatic heterocycles. The van der Waals surface area contributed by atoms with Gasteiger partial charge in [-0.2, -0.15) is 0 Å². The summed E-state index contributed by atoms with van der Waals surface area (Å²) in [6.07, 6.45) is 43.8. The van der Waals surface area contributed by atoms with Gasteiger partial charge in [0.1, 0.15) is 13.2 Å². The monoisotopic (exact) mass is 835 g/mol. The van der Waals surface area contributed by atoms with Gasteiger partial charge in [0.2, 0.25) is 0 Å². The molecule has 0 amide bonds. The van der Waals surface area contributed by atoms with Crippen molar-refractivity contribution >= 4 is 17.9 Å². The summed E-state index contributed by atoms with van der Waals surface area (Å²) in [7, 11) is 0. The van der Waals surface area contributed by atoms with Gasteiger partial charge in [-0.3, -0.25) is 14.4 Å². The molecule has 0 aromatic rings. The minimum Gasteiger partial charge on any atom is -0.462 e. The average Bonchev–Trinajstić information content (AvgIpc) is 3.22. The quantitative estimate of drug-likeness (QED) is 0.0345. The minimum absolute atomic E-state index is 0.0655. The van der Waals surface area contributed by atoms with Crippen LogP contribution in [0.25, 0.3) is 0 Å². The third-order valence-electron chi connectivity index (χ3n) is 12.6. The van der Waals surface area contributed by atoms with E-state index in [2.05, 4.69) is 41.5 Å². The third-order valence-corrected chi connectivity index (χ3v) is 12.6. The van der Waals surface area contributed by atoms with Crippen LogP contribution >= 0.6 is 0 Å². The van der Waals surface area contributed by atoms with Crippen molar-refractivity contribution in [3.8, 4) is 0 Å². The second-order valence-corrected chi connectivity index (χ2v) is 19.1. The molecule has 0 aromatic carbocycles. The van der Waals surface area contributed by atoms with Crippen molar-refractivity contribution in [3.63, 3.8) is 0 Å². The molecule has 0 aliphatic rings. The molecular formula is C53H102O6. The van der Waals surface area contributed by atoms with E-state index in [-0.39, 0.29) is 31.1 Å². The van der Waals surface area contributed by atoms with Gasteiger partial charge in [-0.25, -0.2) is 0 Å². The molecule has 0 rings (SSSR count). The molecule has 0 aliphatic carbocycles. The second kappa shape index (κ2) is 44.5. The summed E-state index contributed by atoms with van der Waals surface area (Å²) in [5.41, 5.74) is 0. The Hall–Kier alpha value is -1.59. The van der Waals surface area contributed by atoms with Gasteiger partial charge in [-0.1, -0.05) is 247 Å². The van der Waals surface area contributed by atoms with Crippen LogP contribution in [0, 0.1) is 17.8 Å². The van der Waals surface area contributed by atoms with E-state index in [4.69, 9.17) is 14.2 Å². The zero-order valence-electron chi connectivity index (χ0n) is 40.5. The van der Waals surface area contributed by atoms with Crippen molar-refractivity contribution in [2.75, 3.05) is 13.2 Å². The van der Waals surface area contributed by atoms with Crippen molar-refractivity contribution in [1.82, 2.24) is 0 Å². The molecule has 59 heavy (non-hydrogen) atoms. The first-order chi connectivity index (χ1) is 28.7. The summed E-state index contributed by atoms with van der Waals surface area (Å²) in [4.78, 5) is 37.9. The summed E-state index contributed by atoms with van der Waals surface area (Å²) in [6.45, 7) is 13.7. The SMILES string of the molecule is CCC(C)CCCCCCCCCCC(=O)O[C@@H](COC(=O)CCCCCCCCCCCCCCCCCCC(C)C)COC(=O)CCCCCCCCC(C)CC. The van der Waals surface area contributed by atoms with Gasteiger partial charge in [0.15, 0.2) is 6.10 Å². The molecule has 0 fully saturated rings. The molecule has 6 heteroatoms. The number of ether oxygens (including phenoxy) is 3. The number of unbranched alkanes of at least 4 members (excludes halogenated alkanes) is 27. The van der Waals surface area contributed by atoms with Crippen LogP contribution in [-0.4, -0.2) is 37.2 Å². The van der Waals surface area contributed by atoms with Crippen LogP contribution in [-0.2, 0) is 28.6 Å². The van der Waals surface area contributed by atoms with Crippen molar-refractivity contribution in [2.24, 2.45) is 17.8 Å². The van der Waals surface area contributed by atoms with E-state index in [9.17, 15) is 14.4 Å². The number of carbonyl (C=O) groups is 3.